The quantitative estimate of drug-likeness (QED) is 0.150. The van der Waals surface area contributed by atoms with Crippen LogP contribution < -0.4 is 9.80 Å². The molecule has 2 nitrogen and oxygen atoms in total. The maximum absolute atomic E-state index is 2.50. The number of nitrogens with zero attached hydrogens (tertiary/aromatic N) is 2. The molecule has 0 saturated carbocycles. The third-order valence-corrected chi connectivity index (χ3v) is 13.5. The summed E-state index contributed by atoms with van der Waals surface area (Å²) in [6, 6.07) is 76.5. The fraction of sp³-hybridized carbons (Fsp3) is 0.175. The first-order valence-corrected chi connectivity index (χ1v) is 23.1. The first kappa shape index (κ1) is 41.8. The van der Waals surface area contributed by atoms with Crippen molar-refractivity contribution in [2.45, 2.75) is 71.6 Å². The Morgan fingerprint density at radius 2 is 0.769 bits per heavy atom. The molecule has 0 N–H and O–H groups in total. The summed E-state index contributed by atoms with van der Waals surface area (Å²) < 4.78 is 0. The monoisotopic (exact) mass is 842 g/mol. The summed E-state index contributed by atoms with van der Waals surface area (Å²) in [5.41, 5.74) is 19.2. The molecular formula is C63H58N2. The summed E-state index contributed by atoms with van der Waals surface area (Å²) >= 11 is 0. The maximum Gasteiger partial charge on any atom is 0.0543 e. The van der Waals surface area contributed by atoms with Crippen LogP contribution in [0.3, 0.4) is 0 Å². The minimum absolute atomic E-state index is 0.00128. The van der Waals surface area contributed by atoms with Crippen LogP contribution in [0.25, 0.3) is 44.2 Å². The summed E-state index contributed by atoms with van der Waals surface area (Å²) in [6.07, 6.45) is 0. The topological polar surface area (TPSA) is 6.48 Å². The maximum atomic E-state index is 2.50. The average molecular weight is 843 g/mol. The molecule has 0 aromatic heterocycles. The molecule has 320 valence electrons. The molecule has 0 unspecified atom stereocenters. The van der Waals surface area contributed by atoms with Gasteiger partial charge in [-0.15, -0.1) is 0 Å². The third kappa shape index (κ3) is 7.72. The predicted octanol–water partition coefficient (Wildman–Crippen LogP) is 18.0. The van der Waals surface area contributed by atoms with E-state index in [9.17, 15) is 0 Å². The normalized spacial score (nSPS) is 13.0. The first-order chi connectivity index (χ1) is 31.3. The van der Waals surface area contributed by atoms with Gasteiger partial charge in [0.1, 0.15) is 0 Å². The van der Waals surface area contributed by atoms with E-state index in [0.717, 1.165) is 28.4 Å². The summed E-state index contributed by atoms with van der Waals surface area (Å²) in [4.78, 5) is 4.95. The molecule has 0 atom stereocenters. The van der Waals surface area contributed by atoms with E-state index in [1.165, 1.54) is 72.1 Å². The Balaban J connectivity index is 1.17. The summed E-state index contributed by atoms with van der Waals surface area (Å²) in [5.74, 6) is 0. The Labute approximate surface area is 386 Å². The van der Waals surface area contributed by atoms with Crippen LogP contribution in [0.2, 0.25) is 0 Å². The molecule has 0 radical (unpaired) electrons. The van der Waals surface area contributed by atoms with Crippen LogP contribution in [0.15, 0.2) is 206 Å². The molecule has 1 aliphatic rings. The lowest BCUT2D eigenvalue weighted by Gasteiger charge is -2.31. The Morgan fingerprint density at radius 1 is 0.338 bits per heavy atom. The van der Waals surface area contributed by atoms with Gasteiger partial charge < -0.3 is 9.80 Å². The van der Waals surface area contributed by atoms with Gasteiger partial charge >= 0.3 is 0 Å². The van der Waals surface area contributed by atoms with E-state index in [4.69, 9.17) is 0 Å². The van der Waals surface area contributed by atoms with E-state index in [1.54, 1.807) is 0 Å². The van der Waals surface area contributed by atoms with E-state index in [1.807, 2.05) is 0 Å². The number of anilines is 6. The van der Waals surface area contributed by atoms with Crippen molar-refractivity contribution in [3.05, 3.63) is 229 Å². The molecule has 0 fully saturated rings. The standard InChI is InChI=1S/C63H58N2/c1-61(2,3)47-27-19-31-51(39-47)64(49-29-17-25-45(37-49)43-21-11-9-12-22-43)53-35-36-56-57(41-53)63(7,8)58-42-59(54-33-15-16-34-55(54)60(56)58)65(52-32-20-28-48(40-52)62(4,5)6)50-30-18-26-46(38-50)44-23-13-10-14-24-44/h9-42H,1-8H3. The van der Waals surface area contributed by atoms with Gasteiger partial charge in [0, 0.05) is 39.2 Å². The van der Waals surface area contributed by atoms with E-state index in [2.05, 4.69) is 271 Å². The number of fused-ring (bicyclic) bond motifs is 5. The molecule has 0 aliphatic heterocycles. The fourth-order valence-corrected chi connectivity index (χ4v) is 9.88. The minimum atomic E-state index is -0.310. The van der Waals surface area contributed by atoms with Crippen LogP contribution in [-0.2, 0) is 16.2 Å². The number of hydrogen-bond acceptors (Lipinski definition) is 2. The van der Waals surface area contributed by atoms with Gasteiger partial charge in [0.2, 0.25) is 0 Å². The van der Waals surface area contributed by atoms with Crippen molar-refractivity contribution in [3.63, 3.8) is 0 Å². The largest absolute Gasteiger partial charge is 0.310 e. The second-order valence-electron chi connectivity index (χ2n) is 20.3. The van der Waals surface area contributed by atoms with Crippen molar-refractivity contribution in [1.82, 2.24) is 0 Å². The molecule has 9 aromatic carbocycles. The molecule has 65 heavy (non-hydrogen) atoms. The Hall–Kier alpha value is -7.16. The van der Waals surface area contributed by atoms with Crippen LogP contribution in [0, 0.1) is 0 Å². The molecular weight excluding hydrogens is 785 g/mol. The highest BCUT2D eigenvalue weighted by Crippen LogP contribution is 2.56. The van der Waals surface area contributed by atoms with Gasteiger partial charge in [-0.2, -0.15) is 0 Å². The van der Waals surface area contributed by atoms with Gasteiger partial charge in [0.15, 0.2) is 0 Å². The van der Waals surface area contributed by atoms with Gasteiger partial charge in [0.25, 0.3) is 0 Å². The van der Waals surface area contributed by atoms with Crippen LogP contribution in [-0.4, -0.2) is 0 Å². The molecule has 0 spiro atoms. The van der Waals surface area contributed by atoms with Crippen molar-refractivity contribution in [2.75, 3.05) is 9.80 Å². The highest BCUT2D eigenvalue weighted by atomic mass is 15.1. The summed E-state index contributed by atoms with van der Waals surface area (Å²) in [6.45, 7) is 18.6. The molecule has 0 saturated heterocycles. The molecule has 0 amide bonds. The Kier molecular flexibility index (Phi) is 10.4. The molecule has 0 heterocycles. The molecule has 2 heteroatoms. The molecule has 10 rings (SSSR count). The smallest absolute Gasteiger partial charge is 0.0543 e. The predicted molar refractivity (Wildman–Crippen MR) is 279 cm³/mol. The molecule has 9 aromatic rings. The van der Waals surface area contributed by atoms with Crippen LogP contribution >= 0.6 is 0 Å². The first-order valence-electron chi connectivity index (χ1n) is 23.1. The fourth-order valence-electron chi connectivity index (χ4n) is 9.88. The zero-order valence-corrected chi connectivity index (χ0v) is 39.0. The van der Waals surface area contributed by atoms with E-state index >= 15 is 0 Å². The van der Waals surface area contributed by atoms with Crippen LogP contribution in [0.5, 0.6) is 0 Å². The van der Waals surface area contributed by atoms with Crippen molar-refractivity contribution in [2.24, 2.45) is 0 Å². The zero-order valence-electron chi connectivity index (χ0n) is 39.0. The Morgan fingerprint density at radius 3 is 1.31 bits per heavy atom. The lowest BCUT2D eigenvalue weighted by Crippen LogP contribution is -2.18. The third-order valence-electron chi connectivity index (χ3n) is 13.5. The minimum Gasteiger partial charge on any atom is -0.310 e. The number of benzene rings is 9. The van der Waals surface area contributed by atoms with Gasteiger partial charge in [-0.25, -0.2) is 0 Å². The van der Waals surface area contributed by atoms with Crippen molar-refractivity contribution in [1.29, 1.82) is 0 Å². The summed E-state index contributed by atoms with van der Waals surface area (Å²) in [7, 11) is 0. The van der Waals surface area contributed by atoms with E-state index in [0.29, 0.717) is 0 Å². The summed E-state index contributed by atoms with van der Waals surface area (Å²) in [5, 5.41) is 2.49. The second kappa shape index (κ2) is 16.1. The lowest BCUT2D eigenvalue weighted by molar-refractivity contribution is 0.590. The highest BCUT2D eigenvalue weighted by Gasteiger charge is 2.39. The van der Waals surface area contributed by atoms with Crippen molar-refractivity contribution < 1.29 is 0 Å². The van der Waals surface area contributed by atoms with Gasteiger partial charge in [0.05, 0.1) is 5.69 Å². The van der Waals surface area contributed by atoms with E-state index in [-0.39, 0.29) is 16.2 Å². The van der Waals surface area contributed by atoms with Crippen molar-refractivity contribution >= 4 is 44.9 Å². The Bertz CT molecular complexity index is 3200. The van der Waals surface area contributed by atoms with Crippen LogP contribution in [0.4, 0.5) is 34.1 Å². The van der Waals surface area contributed by atoms with Crippen molar-refractivity contribution in [3.8, 4) is 33.4 Å². The van der Waals surface area contributed by atoms with Gasteiger partial charge in [-0.05, 0) is 139 Å². The molecule has 1 aliphatic carbocycles. The number of rotatable bonds is 8. The zero-order chi connectivity index (χ0) is 45.1. The van der Waals surface area contributed by atoms with E-state index < -0.39 is 0 Å². The average Bonchev–Trinajstić information content (AvgIpc) is 3.54. The van der Waals surface area contributed by atoms with Gasteiger partial charge in [-0.1, -0.05) is 195 Å². The number of hydrogen-bond donors (Lipinski definition) is 0. The highest BCUT2D eigenvalue weighted by molar-refractivity contribution is 6.10. The molecule has 0 bridgehead atoms. The van der Waals surface area contributed by atoms with Gasteiger partial charge in [-0.3, -0.25) is 0 Å². The second-order valence-corrected chi connectivity index (χ2v) is 20.3. The lowest BCUT2D eigenvalue weighted by atomic mass is 9.81. The SMILES string of the molecule is CC(C)(C)c1cccc(N(c2cccc(-c3ccccc3)c2)c2ccc3c(c2)C(C)(C)c2cc(N(c4cccc(-c5ccccc5)c4)c4cccc(C(C)(C)C)c4)c4ccccc4c2-3)c1. The van der Waals surface area contributed by atoms with Crippen LogP contribution in [0.1, 0.15) is 77.6 Å².